The van der Waals surface area contributed by atoms with Crippen molar-refractivity contribution >= 4 is 11.9 Å². The predicted octanol–water partition coefficient (Wildman–Crippen LogP) is 1.33. The molecule has 0 aromatic carbocycles. The number of carbonyl (C=O) groups excluding carboxylic acids is 2. The van der Waals surface area contributed by atoms with E-state index >= 15 is 0 Å². The highest BCUT2D eigenvalue weighted by atomic mass is 19.4. The van der Waals surface area contributed by atoms with Gasteiger partial charge in [0.05, 0.1) is 19.6 Å². The van der Waals surface area contributed by atoms with Crippen molar-refractivity contribution in [3.05, 3.63) is 0 Å². The quantitative estimate of drug-likeness (QED) is 0.778. The average Bonchev–Trinajstić information content (AvgIpc) is 2.41. The zero-order valence-corrected chi connectivity index (χ0v) is 12.2. The minimum Gasteiger partial charge on any atom is -0.469 e. The Morgan fingerprint density at radius 1 is 1.38 bits per heavy atom. The Hall–Kier alpha value is -1.31. The Bertz CT molecular complexity index is 374. The van der Waals surface area contributed by atoms with Crippen LogP contribution in [0.5, 0.6) is 0 Å². The summed E-state index contributed by atoms with van der Waals surface area (Å²) < 4.78 is 42.2. The summed E-state index contributed by atoms with van der Waals surface area (Å²) >= 11 is 0. The first-order valence-corrected chi connectivity index (χ1v) is 6.88. The largest absolute Gasteiger partial charge is 0.469 e. The smallest absolute Gasteiger partial charge is 0.406 e. The molecule has 21 heavy (non-hydrogen) atoms. The molecule has 122 valence electrons. The molecule has 1 amide bonds. The summed E-state index contributed by atoms with van der Waals surface area (Å²) in [6.45, 7) is 0.922. The van der Waals surface area contributed by atoms with Crippen LogP contribution in [0.15, 0.2) is 0 Å². The number of rotatable bonds is 5. The van der Waals surface area contributed by atoms with E-state index in [1.165, 1.54) is 0 Å². The zero-order valence-electron chi connectivity index (χ0n) is 12.2. The van der Waals surface area contributed by atoms with Crippen molar-refractivity contribution in [2.75, 3.05) is 26.7 Å². The number of carbonyl (C=O) groups is 2. The van der Waals surface area contributed by atoms with Gasteiger partial charge in [-0.1, -0.05) is 6.92 Å². The number of ether oxygens (including phenoxy) is 1. The van der Waals surface area contributed by atoms with Crippen molar-refractivity contribution in [3.8, 4) is 0 Å². The monoisotopic (exact) mass is 310 g/mol. The molecule has 0 radical (unpaired) electrons. The molecule has 1 heterocycles. The lowest BCUT2D eigenvalue weighted by Crippen LogP contribution is -2.52. The fourth-order valence-corrected chi connectivity index (χ4v) is 2.33. The van der Waals surface area contributed by atoms with Gasteiger partial charge >= 0.3 is 12.1 Å². The third-order valence-corrected chi connectivity index (χ3v) is 3.46. The van der Waals surface area contributed by atoms with Crippen LogP contribution in [0, 0.1) is 5.92 Å². The van der Waals surface area contributed by atoms with Gasteiger partial charge in [-0.25, -0.2) is 0 Å². The van der Waals surface area contributed by atoms with E-state index in [0.29, 0.717) is 17.9 Å². The third-order valence-electron chi connectivity index (χ3n) is 3.46. The van der Waals surface area contributed by atoms with Gasteiger partial charge in [0.2, 0.25) is 5.91 Å². The number of nitrogens with zero attached hydrogens (tertiary/aromatic N) is 1. The number of esters is 1. The van der Waals surface area contributed by atoms with Gasteiger partial charge in [-0.3, -0.25) is 9.59 Å². The minimum absolute atomic E-state index is 0.249. The molecule has 1 aliphatic heterocycles. The molecule has 8 heteroatoms. The number of methoxy groups -OCH3 is 1. The first kappa shape index (κ1) is 17.7. The number of nitrogens with one attached hydrogen (secondary N) is 1. The van der Waals surface area contributed by atoms with Crippen molar-refractivity contribution < 1.29 is 27.5 Å². The van der Waals surface area contributed by atoms with Gasteiger partial charge in [-0.05, 0) is 25.3 Å². The number of amides is 1. The van der Waals surface area contributed by atoms with Crippen LogP contribution in [0.2, 0.25) is 0 Å². The second-order valence-corrected chi connectivity index (χ2v) is 5.34. The maximum Gasteiger partial charge on any atom is 0.406 e. The number of alkyl halides is 3. The van der Waals surface area contributed by atoms with Crippen LogP contribution >= 0.6 is 0 Å². The number of hydrogen-bond acceptors (Lipinski definition) is 4. The van der Waals surface area contributed by atoms with E-state index in [4.69, 9.17) is 0 Å². The van der Waals surface area contributed by atoms with Crippen molar-refractivity contribution in [1.29, 1.82) is 0 Å². The highest BCUT2D eigenvalue weighted by Crippen LogP contribution is 2.21. The van der Waals surface area contributed by atoms with Gasteiger partial charge in [0.1, 0.15) is 6.54 Å². The standard InChI is InChI=1S/C13H21F3N2O3/c1-9-3-5-17-10(7-9)12(20)18(8-13(14,15)16)6-4-11(19)21-2/h9-10,17H,3-8H2,1-2H3. The Morgan fingerprint density at radius 2 is 2.05 bits per heavy atom. The van der Waals surface area contributed by atoms with Crippen LogP contribution in [0.1, 0.15) is 26.2 Å². The van der Waals surface area contributed by atoms with E-state index in [9.17, 15) is 22.8 Å². The van der Waals surface area contributed by atoms with Crippen LogP contribution in [-0.2, 0) is 14.3 Å². The number of halogens is 3. The summed E-state index contributed by atoms with van der Waals surface area (Å²) in [6, 6.07) is -0.617. The average molecular weight is 310 g/mol. The van der Waals surface area contributed by atoms with E-state index in [0.717, 1.165) is 13.5 Å². The molecule has 1 rings (SSSR count). The van der Waals surface area contributed by atoms with Gasteiger partial charge in [-0.2, -0.15) is 13.2 Å². The highest BCUT2D eigenvalue weighted by Gasteiger charge is 2.36. The van der Waals surface area contributed by atoms with Gasteiger partial charge in [0.25, 0.3) is 0 Å². The second kappa shape index (κ2) is 7.63. The summed E-state index contributed by atoms with van der Waals surface area (Å²) in [5.74, 6) is -0.962. The molecule has 1 fully saturated rings. The lowest BCUT2D eigenvalue weighted by atomic mass is 9.93. The Balaban J connectivity index is 2.69. The molecule has 1 aliphatic rings. The molecule has 0 aromatic heterocycles. The molecule has 1 saturated heterocycles. The van der Waals surface area contributed by atoms with E-state index in [-0.39, 0.29) is 18.9 Å². The van der Waals surface area contributed by atoms with Gasteiger partial charge in [0.15, 0.2) is 0 Å². The summed E-state index contributed by atoms with van der Waals surface area (Å²) in [7, 11) is 1.16. The van der Waals surface area contributed by atoms with Crippen LogP contribution < -0.4 is 5.32 Å². The molecule has 2 atom stereocenters. The molecular formula is C13H21F3N2O3. The third kappa shape index (κ3) is 6.33. The maximum absolute atomic E-state index is 12.6. The summed E-state index contributed by atoms with van der Waals surface area (Å²) in [5, 5.41) is 2.94. The van der Waals surface area contributed by atoms with E-state index < -0.39 is 30.6 Å². The predicted molar refractivity (Wildman–Crippen MR) is 69.5 cm³/mol. The van der Waals surface area contributed by atoms with E-state index in [1.54, 1.807) is 0 Å². The Morgan fingerprint density at radius 3 is 2.57 bits per heavy atom. The van der Waals surface area contributed by atoms with Crippen LogP contribution in [0.4, 0.5) is 13.2 Å². The summed E-state index contributed by atoms with van der Waals surface area (Å²) in [5.41, 5.74) is 0. The fraction of sp³-hybridized carbons (Fsp3) is 0.846. The molecular weight excluding hydrogens is 289 g/mol. The topological polar surface area (TPSA) is 58.6 Å². The molecule has 1 N–H and O–H groups in total. The van der Waals surface area contributed by atoms with Crippen molar-refractivity contribution in [2.45, 2.75) is 38.4 Å². The summed E-state index contributed by atoms with van der Waals surface area (Å²) in [4.78, 5) is 24.0. The second-order valence-electron chi connectivity index (χ2n) is 5.34. The van der Waals surface area contributed by atoms with Gasteiger partial charge in [0, 0.05) is 6.54 Å². The normalized spacial score (nSPS) is 22.7. The highest BCUT2D eigenvalue weighted by molar-refractivity contribution is 5.82. The molecule has 0 aliphatic carbocycles. The molecule has 0 aromatic rings. The van der Waals surface area contributed by atoms with Gasteiger partial charge in [-0.15, -0.1) is 0 Å². The number of hydrogen-bond donors (Lipinski definition) is 1. The summed E-state index contributed by atoms with van der Waals surface area (Å²) in [6.07, 6.45) is -3.34. The van der Waals surface area contributed by atoms with E-state index in [1.807, 2.05) is 6.92 Å². The fourth-order valence-electron chi connectivity index (χ4n) is 2.33. The lowest BCUT2D eigenvalue weighted by Gasteiger charge is -2.32. The molecule has 0 spiro atoms. The van der Waals surface area contributed by atoms with Crippen LogP contribution in [-0.4, -0.2) is 55.7 Å². The SMILES string of the molecule is COC(=O)CCN(CC(F)(F)F)C(=O)C1CC(C)CCN1. The van der Waals surface area contributed by atoms with Crippen molar-refractivity contribution in [3.63, 3.8) is 0 Å². The van der Waals surface area contributed by atoms with Gasteiger partial charge < -0.3 is 15.0 Å². The zero-order chi connectivity index (χ0) is 16.0. The first-order chi connectivity index (χ1) is 9.73. The maximum atomic E-state index is 12.6. The molecule has 0 saturated carbocycles. The Kier molecular flexibility index (Phi) is 6.44. The molecule has 2 unspecified atom stereocenters. The molecule has 5 nitrogen and oxygen atoms in total. The van der Waals surface area contributed by atoms with Crippen molar-refractivity contribution in [1.82, 2.24) is 10.2 Å². The van der Waals surface area contributed by atoms with E-state index in [2.05, 4.69) is 10.1 Å². The number of piperidine rings is 1. The molecule has 0 bridgehead atoms. The Labute approximate surface area is 121 Å². The first-order valence-electron chi connectivity index (χ1n) is 6.88. The van der Waals surface area contributed by atoms with Crippen LogP contribution in [0.3, 0.4) is 0 Å². The lowest BCUT2D eigenvalue weighted by molar-refractivity contribution is -0.164. The minimum atomic E-state index is -4.49. The van der Waals surface area contributed by atoms with Crippen molar-refractivity contribution in [2.24, 2.45) is 5.92 Å². The van der Waals surface area contributed by atoms with Crippen LogP contribution in [0.25, 0.3) is 0 Å².